The summed E-state index contributed by atoms with van der Waals surface area (Å²) in [5.41, 5.74) is 2.26. The number of hydrogen-bond acceptors (Lipinski definition) is 4. The monoisotopic (exact) mass is 294 g/mol. The lowest BCUT2D eigenvalue weighted by atomic mass is 9.98. The largest absolute Gasteiger partial charge is 0.497 e. The van der Waals surface area contributed by atoms with Gasteiger partial charge in [0.25, 0.3) is 0 Å². The third-order valence-corrected chi connectivity index (χ3v) is 4.41. The Labute approximate surface area is 129 Å². The lowest BCUT2D eigenvalue weighted by Gasteiger charge is -2.18. The number of nitrogens with one attached hydrogen (secondary N) is 1. The average molecular weight is 294 g/mol. The van der Waals surface area contributed by atoms with Crippen molar-refractivity contribution in [2.75, 3.05) is 25.1 Å². The van der Waals surface area contributed by atoms with Gasteiger partial charge in [0.15, 0.2) is 0 Å². The van der Waals surface area contributed by atoms with Crippen LogP contribution in [0.15, 0.2) is 42.9 Å². The number of fused-ring (bicyclic) bond motifs is 1. The summed E-state index contributed by atoms with van der Waals surface area (Å²) in [6.45, 7) is 2.01. The molecule has 4 rings (SSSR count). The summed E-state index contributed by atoms with van der Waals surface area (Å²) in [5, 5.41) is 1.10. The number of aromatic amines is 1. The van der Waals surface area contributed by atoms with Gasteiger partial charge >= 0.3 is 0 Å². The van der Waals surface area contributed by atoms with Crippen LogP contribution in [0.1, 0.15) is 17.9 Å². The molecule has 0 bridgehead atoms. The Kier molecular flexibility index (Phi) is 3.18. The van der Waals surface area contributed by atoms with Crippen molar-refractivity contribution >= 4 is 16.9 Å². The zero-order chi connectivity index (χ0) is 14.9. The maximum atomic E-state index is 5.23. The van der Waals surface area contributed by atoms with Crippen molar-refractivity contribution in [3.8, 4) is 5.75 Å². The van der Waals surface area contributed by atoms with E-state index < -0.39 is 0 Å². The second kappa shape index (κ2) is 5.33. The number of anilines is 1. The summed E-state index contributed by atoms with van der Waals surface area (Å²) in [5.74, 6) is 2.47. The van der Waals surface area contributed by atoms with E-state index in [0.29, 0.717) is 5.92 Å². The lowest BCUT2D eigenvalue weighted by molar-refractivity contribution is 0.414. The van der Waals surface area contributed by atoms with E-state index in [1.807, 2.05) is 24.4 Å². The fourth-order valence-electron chi connectivity index (χ4n) is 3.21. The standard InChI is InChI=1S/C17H18N4O/c1-22-14-4-2-12(3-5-14)13-7-9-21(10-13)17-15-6-8-18-16(15)19-11-20-17/h2-6,8,11,13H,7,9-10H2,1H3,(H,18,19,20)/t13-/m1/s1. The molecule has 1 fully saturated rings. The molecule has 0 unspecified atom stereocenters. The zero-order valence-electron chi connectivity index (χ0n) is 12.5. The highest BCUT2D eigenvalue weighted by Gasteiger charge is 2.26. The van der Waals surface area contributed by atoms with Crippen molar-refractivity contribution in [2.45, 2.75) is 12.3 Å². The minimum absolute atomic E-state index is 0.537. The quantitative estimate of drug-likeness (QED) is 0.807. The molecule has 0 amide bonds. The number of ether oxygens (including phenoxy) is 1. The highest BCUT2D eigenvalue weighted by molar-refractivity contribution is 5.87. The van der Waals surface area contributed by atoms with Gasteiger partial charge in [0.05, 0.1) is 12.5 Å². The van der Waals surface area contributed by atoms with Crippen LogP contribution >= 0.6 is 0 Å². The molecule has 1 atom stereocenters. The Bertz CT molecular complexity index is 781. The molecule has 22 heavy (non-hydrogen) atoms. The first-order valence-corrected chi connectivity index (χ1v) is 7.52. The second-order valence-corrected chi connectivity index (χ2v) is 5.64. The molecule has 0 saturated carbocycles. The highest BCUT2D eigenvalue weighted by atomic mass is 16.5. The van der Waals surface area contributed by atoms with Gasteiger partial charge in [-0.3, -0.25) is 0 Å². The molecular formula is C17H18N4O. The van der Waals surface area contributed by atoms with Gasteiger partial charge in [0.1, 0.15) is 23.5 Å². The third-order valence-electron chi connectivity index (χ3n) is 4.41. The Hall–Kier alpha value is -2.56. The zero-order valence-corrected chi connectivity index (χ0v) is 12.5. The van der Waals surface area contributed by atoms with Crippen molar-refractivity contribution in [3.63, 3.8) is 0 Å². The summed E-state index contributed by atoms with van der Waals surface area (Å²) < 4.78 is 5.23. The molecule has 3 heterocycles. The first-order valence-electron chi connectivity index (χ1n) is 7.52. The molecule has 5 nitrogen and oxygen atoms in total. The number of nitrogens with zero attached hydrogens (tertiary/aromatic N) is 3. The van der Waals surface area contributed by atoms with Gasteiger partial charge in [0, 0.05) is 25.2 Å². The number of hydrogen-bond donors (Lipinski definition) is 1. The summed E-state index contributed by atoms with van der Waals surface area (Å²) in [6.07, 6.45) is 4.69. The minimum Gasteiger partial charge on any atom is -0.497 e. The van der Waals surface area contributed by atoms with Crippen LogP contribution in [0.4, 0.5) is 5.82 Å². The molecule has 1 saturated heterocycles. The van der Waals surface area contributed by atoms with Gasteiger partial charge in [-0.1, -0.05) is 12.1 Å². The fraction of sp³-hybridized carbons (Fsp3) is 0.294. The number of H-pyrrole nitrogens is 1. The molecule has 0 spiro atoms. The lowest BCUT2D eigenvalue weighted by Crippen LogP contribution is -2.20. The van der Waals surface area contributed by atoms with E-state index in [4.69, 9.17) is 4.74 Å². The Balaban J connectivity index is 1.58. The van der Waals surface area contributed by atoms with Crippen LogP contribution in [0.2, 0.25) is 0 Å². The van der Waals surface area contributed by atoms with E-state index in [1.54, 1.807) is 13.4 Å². The number of aromatic nitrogens is 3. The second-order valence-electron chi connectivity index (χ2n) is 5.64. The fourth-order valence-corrected chi connectivity index (χ4v) is 3.21. The van der Waals surface area contributed by atoms with Crippen molar-refractivity contribution in [2.24, 2.45) is 0 Å². The number of benzene rings is 1. The van der Waals surface area contributed by atoms with Crippen molar-refractivity contribution < 1.29 is 4.74 Å². The van der Waals surface area contributed by atoms with E-state index in [9.17, 15) is 0 Å². The van der Waals surface area contributed by atoms with Gasteiger partial charge in [-0.05, 0) is 30.2 Å². The van der Waals surface area contributed by atoms with Crippen molar-refractivity contribution in [3.05, 3.63) is 48.4 Å². The summed E-state index contributed by atoms with van der Waals surface area (Å²) >= 11 is 0. The summed E-state index contributed by atoms with van der Waals surface area (Å²) in [6, 6.07) is 10.4. The van der Waals surface area contributed by atoms with Crippen LogP contribution < -0.4 is 9.64 Å². The molecule has 5 heteroatoms. The summed E-state index contributed by atoms with van der Waals surface area (Å²) in [4.78, 5) is 14.3. The van der Waals surface area contributed by atoms with Crippen molar-refractivity contribution in [1.82, 2.24) is 15.0 Å². The van der Waals surface area contributed by atoms with E-state index in [2.05, 4.69) is 32.0 Å². The van der Waals surface area contributed by atoms with Gasteiger partial charge < -0.3 is 14.6 Å². The van der Waals surface area contributed by atoms with Crippen LogP contribution in [-0.2, 0) is 0 Å². The Morgan fingerprint density at radius 3 is 2.86 bits per heavy atom. The van der Waals surface area contributed by atoms with Crippen LogP contribution in [0, 0.1) is 0 Å². The molecule has 1 aliphatic rings. The highest BCUT2D eigenvalue weighted by Crippen LogP contribution is 2.33. The van der Waals surface area contributed by atoms with Gasteiger partial charge in [-0.2, -0.15) is 0 Å². The predicted molar refractivity (Wildman–Crippen MR) is 86.5 cm³/mol. The van der Waals surface area contributed by atoms with Gasteiger partial charge in [-0.25, -0.2) is 9.97 Å². The molecule has 0 aliphatic carbocycles. The topological polar surface area (TPSA) is 54.0 Å². The van der Waals surface area contributed by atoms with E-state index in [-0.39, 0.29) is 0 Å². The molecule has 1 aliphatic heterocycles. The SMILES string of the molecule is COc1ccc([C@@H]2CCN(c3ncnc4[nH]ccc34)C2)cc1. The van der Waals surface area contributed by atoms with Gasteiger partial charge in [-0.15, -0.1) is 0 Å². The smallest absolute Gasteiger partial charge is 0.142 e. The Morgan fingerprint density at radius 2 is 2.05 bits per heavy atom. The first kappa shape index (κ1) is 13.1. The van der Waals surface area contributed by atoms with Crippen LogP contribution in [0.5, 0.6) is 5.75 Å². The normalized spacial score (nSPS) is 18.0. The average Bonchev–Trinajstić information content (AvgIpc) is 3.24. The maximum Gasteiger partial charge on any atom is 0.142 e. The van der Waals surface area contributed by atoms with Crippen LogP contribution in [0.25, 0.3) is 11.0 Å². The molecule has 3 aromatic rings. The van der Waals surface area contributed by atoms with Crippen LogP contribution in [-0.4, -0.2) is 35.2 Å². The van der Waals surface area contributed by atoms with E-state index in [0.717, 1.165) is 42.1 Å². The van der Waals surface area contributed by atoms with Crippen molar-refractivity contribution in [1.29, 1.82) is 0 Å². The molecule has 1 N–H and O–H groups in total. The number of methoxy groups -OCH3 is 1. The molecule has 1 aromatic carbocycles. The molecule has 2 aromatic heterocycles. The number of rotatable bonds is 3. The predicted octanol–water partition coefficient (Wildman–Crippen LogP) is 2.96. The first-order chi connectivity index (χ1) is 10.8. The third kappa shape index (κ3) is 2.19. The summed E-state index contributed by atoms with van der Waals surface area (Å²) in [7, 11) is 1.70. The van der Waals surface area contributed by atoms with E-state index in [1.165, 1.54) is 5.56 Å². The molecule has 0 radical (unpaired) electrons. The Morgan fingerprint density at radius 1 is 1.18 bits per heavy atom. The van der Waals surface area contributed by atoms with Gasteiger partial charge in [0.2, 0.25) is 0 Å². The molecule has 112 valence electrons. The van der Waals surface area contributed by atoms with Crippen LogP contribution in [0.3, 0.4) is 0 Å². The maximum absolute atomic E-state index is 5.23. The minimum atomic E-state index is 0.537. The van der Waals surface area contributed by atoms with E-state index >= 15 is 0 Å². The molecular weight excluding hydrogens is 276 g/mol.